The van der Waals surface area contributed by atoms with E-state index in [2.05, 4.69) is 0 Å². The van der Waals surface area contributed by atoms with Gasteiger partial charge in [-0.1, -0.05) is 0 Å². The zero-order valence-corrected chi connectivity index (χ0v) is 12.3. The number of carbonyl (C=O) groups is 1. The molecule has 2 fully saturated rings. The Balaban J connectivity index is 1.84. The first-order chi connectivity index (χ1) is 8.84. The van der Waals surface area contributed by atoms with Gasteiger partial charge in [0.1, 0.15) is 5.60 Å². The van der Waals surface area contributed by atoms with Gasteiger partial charge in [0.2, 0.25) is 0 Å². The highest BCUT2D eigenvalue weighted by Crippen LogP contribution is 2.41. The predicted octanol–water partition coefficient (Wildman–Crippen LogP) is 1.75. The smallest absolute Gasteiger partial charge is 0.410 e. The van der Waals surface area contributed by atoms with Crippen LogP contribution in [0.1, 0.15) is 40.0 Å². The second kappa shape index (κ2) is 5.29. The first kappa shape index (κ1) is 14.6. The molecule has 0 radical (unpaired) electrons. The number of nitrogens with two attached hydrogens (primary N) is 1. The summed E-state index contributed by atoms with van der Waals surface area (Å²) in [6.45, 7) is 8.59. The van der Waals surface area contributed by atoms with Crippen molar-refractivity contribution < 1.29 is 14.3 Å². The molecule has 0 saturated carbocycles. The van der Waals surface area contributed by atoms with Crippen molar-refractivity contribution in [2.45, 2.75) is 51.7 Å². The molecule has 0 aromatic carbocycles. The molecule has 0 aromatic rings. The van der Waals surface area contributed by atoms with Gasteiger partial charge in [0.25, 0.3) is 0 Å². The number of likely N-dealkylation sites (tertiary alicyclic amines) is 1. The van der Waals surface area contributed by atoms with E-state index in [0.29, 0.717) is 6.54 Å². The van der Waals surface area contributed by atoms with E-state index < -0.39 is 5.60 Å². The third-order valence-electron chi connectivity index (χ3n) is 4.02. The maximum Gasteiger partial charge on any atom is 0.410 e. The zero-order chi connectivity index (χ0) is 14.1. The number of piperidine rings is 1. The van der Waals surface area contributed by atoms with Crippen LogP contribution < -0.4 is 5.73 Å². The maximum atomic E-state index is 12.0. The Bertz CT molecular complexity index is 330. The van der Waals surface area contributed by atoms with Crippen LogP contribution in [0.25, 0.3) is 0 Å². The first-order valence-corrected chi connectivity index (χ1v) is 7.13. The number of rotatable bonds is 1. The lowest BCUT2D eigenvalue weighted by atomic mass is 9.77. The van der Waals surface area contributed by atoms with Crippen molar-refractivity contribution in [2.24, 2.45) is 11.1 Å². The zero-order valence-electron chi connectivity index (χ0n) is 12.3. The van der Waals surface area contributed by atoms with Gasteiger partial charge >= 0.3 is 6.09 Å². The minimum atomic E-state index is -0.423. The molecule has 5 nitrogen and oxygen atoms in total. The number of ether oxygens (including phenoxy) is 2. The van der Waals surface area contributed by atoms with Gasteiger partial charge in [-0.25, -0.2) is 4.79 Å². The molecule has 2 saturated heterocycles. The molecule has 2 rings (SSSR count). The van der Waals surface area contributed by atoms with Crippen LogP contribution >= 0.6 is 0 Å². The molecular formula is C14H26N2O3. The van der Waals surface area contributed by atoms with E-state index in [0.717, 1.165) is 39.0 Å². The molecule has 19 heavy (non-hydrogen) atoms. The Morgan fingerprint density at radius 2 is 2.05 bits per heavy atom. The van der Waals surface area contributed by atoms with Gasteiger partial charge in [-0.2, -0.15) is 0 Å². The summed E-state index contributed by atoms with van der Waals surface area (Å²) in [6, 6.07) is 0. The lowest BCUT2D eigenvalue weighted by Gasteiger charge is -2.38. The van der Waals surface area contributed by atoms with Gasteiger partial charge < -0.3 is 20.1 Å². The number of hydrogen-bond donors (Lipinski definition) is 1. The van der Waals surface area contributed by atoms with E-state index in [1.54, 1.807) is 0 Å². The summed E-state index contributed by atoms with van der Waals surface area (Å²) in [7, 11) is 0. The molecule has 1 spiro atoms. The summed E-state index contributed by atoms with van der Waals surface area (Å²) in [6.07, 6.45) is 3.02. The fourth-order valence-corrected chi connectivity index (χ4v) is 2.89. The molecule has 2 N–H and O–H groups in total. The summed E-state index contributed by atoms with van der Waals surface area (Å²) in [4.78, 5) is 13.8. The quantitative estimate of drug-likeness (QED) is 0.788. The van der Waals surface area contributed by atoms with Gasteiger partial charge in [0, 0.05) is 19.6 Å². The van der Waals surface area contributed by atoms with Gasteiger partial charge in [-0.05, 0) is 45.4 Å². The Kier molecular flexibility index (Phi) is 4.06. The van der Waals surface area contributed by atoms with Crippen molar-refractivity contribution in [1.82, 2.24) is 4.90 Å². The standard InChI is InChI=1S/C14H26N2O3/c1-13(2,3)19-12(17)16-6-4-14(5-7-16)8-11(9-15)18-10-14/h11H,4-10,15H2,1-3H3. The largest absolute Gasteiger partial charge is 0.444 e. The monoisotopic (exact) mass is 270 g/mol. The number of nitrogens with zero attached hydrogens (tertiary/aromatic N) is 1. The van der Waals surface area contributed by atoms with E-state index in [9.17, 15) is 4.79 Å². The normalized spacial score (nSPS) is 26.7. The van der Waals surface area contributed by atoms with Gasteiger partial charge in [0.05, 0.1) is 12.7 Å². The minimum absolute atomic E-state index is 0.198. The summed E-state index contributed by atoms with van der Waals surface area (Å²) in [5.74, 6) is 0. The van der Waals surface area contributed by atoms with Crippen LogP contribution in [0.4, 0.5) is 4.79 Å². The number of carbonyl (C=O) groups excluding carboxylic acids is 1. The number of amides is 1. The Morgan fingerprint density at radius 1 is 1.42 bits per heavy atom. The fourth-order valence-electron chi connectivity index (χ4n) is 2.89. The molecule has 2 aliphatic rings. The maximum absolute atomic E-state index is 12.0. The molecule has 1 unspecified atom stereocenters. The van der Waals surface area contributed by atoms with Crippen molar-refractivity contribution in [3.8, 4) is 0 Å². The second-order valence-corrected chi connectivity index (χ2v) is 6.84. The average Bonchev–Trinajstić information content (AvgIpc) is 2.71. The van der Waals surface area contributed by atoms with Crippen LogP contribution in [0.3, 0.4) is 0 Å². The van der Waals surface area contributed by atoms with Crippen molar-refractivity contribution >= 4 is 6.09 Å². The first-order valence-electron chi connectivity index (χ1n) is 7.13. The molecule has 0 bridgehead atoms. The molecule has 0 aliphatic carbocycles. The van der Waals surface area contributed by atoms with E-state index >= 15 is 0 Å². The highest BCUT2D eigenvalue weighted by atomic mass is 16.6. The Morgan fingerprint density at radius 3 is 2.53 bits per heavy atom. The molecular weight excluding hydrogens is 244 g/mol. The van der Waals surface area contributed by atoms with Crippen LogP contribution in [0.2, 0.25) is 0 Å². The molecule has 2 aliphatic heterocycles. The van der Waals surface area contributed by atoms with Gasteiger partial charge in [-0.3, -0.25) is 0 Å². The minimum Gasteiger partial charge on any atom is -0.444 e. The predicted molar refractivity (Wildman–Crippen MR) is 72.9 cm³/mol. The van der Waals surface area contributed by atoms with Crippen LogP contribution in [0, 0.1) is 5.41 Å². The lowest BCUT2D eigenvalue weighted by molar-refractivity contribution is 0.00794. The van der Waals surface area contributed by atoms with Crippen molar-refractivity contribution in [3.63, 3.8) is 0 Å². The molecule has 1 atom stereocenters. The lowest BCUT2D eigenvalue weighted by Crippen LogP contribution is -2.45. The van der Waals surface area contributed by atoms with E-state index in [1.165, 1.54) is 0 Å². The van der Waals surface area contributed by atoms with Gasteiger partial charge in [-0.15, -0.1) is 0 Å². The van der Waals surface area contributed by atoms with Crippen molar-refractivity contribution in [2.75, 3.05) is 26.2 Å². The van der Waals surface area contributed by atoms with Crippen LogP contribution in [0.15, 0.2) is 0 Å². The fraction of sp³-hybridized carbons (Fsp3) is 0.929. The van der Waals surface area contributed by atoms with Crippen molar-refractivity contribution in [1.29, 1.82) is 0 Å². The summed E-state index contributed by atoms with van der Waals surface area (Å²) >= 11 is 0. The van der Waals surface area contributed by atoms with E-state index in [-0.39, 0.29) is 17.6 Å². The third kappa shape index (κ3) is 3.60. The third-order valence-corrected chi connectivity index (χ3v) is 4.02. The van der Waals surface area contributed by atoms with Gasteiger partial charge in [0.15, 0.2) is 0 Å². The molecule has 110 valence electrons. The molecule has 0 aromatic heterocycles. The van der Waals surface area contributed by atoms with Crippen LogP contribution in [-0.4, -0.2) is 48.9 Å². The molecule has 2 heterocycles. The van der Waals surface area contributed by atoms with Crippen LogP contribution in [-0.2, 0) is 9.47 Å². The SMILES string of the molecule is CC(C)(C)OC(=O)N1CCC2(CC1)COC(CN)C2. The summed E-state index contributed by atoms with van der Waals surface area (Å²) in [5.41, 5.74) is 5.47. The molecule has 5 heteroatoms. The van der Waals surface area contributed by atoms with Crippen molar-refractivity contribution in [3.05, 3.63) is 0 Å². The van der Waals surface area contributed by atoms with E-state index in [4.69, 9.17) is 15.2 Å². The average molecular weight is 270 g/mol. The molecule has 1 amide bonds. The summed E-state index contributed by atoms with van der Waals surface area (Å²) in [5, 5.41) is 0. The number of hydrogen-bond acceptors (Lipinski definition) is 4. The highest BCUT2D eigenvalue weighted by molar-refractivity contribution is 5.68. The summed E-state index contributed by atoms with van der Waals surface area (Å²) < 4.78 is 11.1. The topological polar surface area (TPSA) is 64.8 Å². The Hall–Kier alpha value is -0.810. The van der Waals surface area contributed by atoms with Crippen LogP contribution in [0.5, 0.6) is 0 Å². The second-order valence-electron chi connectivity index (χ2n) is 6.84. The highest BCUT2D eigenvalue weighted by Gasteiger charge is 2.43. The van der Waals surface area contributed by atoms with E-state index in [1.807, 2.05) is 25.7 Å². The Labute approximate surface area is 115 Å².